The van der Waals surface area contributed by atoms with Crippen LogP contribution < -0.4 is 0 Å². The average Bonchev–Trinajstić information content (AvgIpc) is 2.35. The molecule has 1 aromatic carbocycles. The van der Waals surface area contributed by atoms with E-state index >= 15 is 0 Å². The third-order valence-corrected chi connectivity index (χ3v) is 3.93. The maximum Gasteiger partial charge on any atom is 0.287 e. The summed E-state index contributed by atoms with van der Waals surface area (Å²) in [6, 6.07) is 6.41. The van der Waals surface area contributed by atoms with Crippen LogP contribution in [0, 0.1) is 27.4 Å². The lowest BCUT2D eigenvalue weighted by molar-refractivity contribution is -0.385. The first-order valence-corrected chi connectivity index (χ1v) is 6.47. The largest absolute Gasteiger partial charge is 0.287 e. The summed E-state index contributed by atoms with van der Waals surface area (Å²) in [6.45, 7) is 2.02. The second-order valence-electron chi connectivity index (χ2n) is 3.62. The predicted molar refractivity (Wildman–Crippen MR) is 68.4 cm³/mol. The van der Waals surface area contributed by atoms with Crippen LogP contribution >= 0.6 is 23.4 Å². The molecule has 90 valence electrons. The normalized spacial score (nSPS) is 11.8. The third kappa shape index (κ3) is 3.91. The summed E-state index contributed by atoms with van der Waals surface area (Å²) in [7, 11) is 0. The van der Waals surface area contributed by atoms with Gasteiger partial charge in [-0.2, -0.15) is 5.26 Å². The lowest BCUT2D eigenvalue weighted by Gasteiger charge is -2.06. The summed E-state index contributed by atoms with van der Waals surface area (Å²) in [5, 5.41) is 19.5. The Hall–Kier alpha value is -1.25. The van der Waals surface area contributed by atoms with Crippen LogP contribution in [0.5, 0.6) is 0 Å². The second kappa shape index (κ2) is 6.48. The fourth-order valence-electron chi connectivity index (χ4n) is 1.14. The number of nitrogens with zero attached hydrogens (tertiary/aromatic N) is 2. The van der Waals surface area contributed by atoms with Crippen molar-refractivity contribution < 1.29 is 4.92 Å². The zero-order chi connectivity index (χ0) is 12.8. The Balaban J connectivity index is 2.84. The van der Waals surface area contributed by atoms with Crippen LogP contribution in [0.1, 0.15) is 12.5 Å². The summed E-state index contributed by atoms with van der Waals surface area (Å²) < 4.78 is 0. The first-order valence-electron chi connectivity index (χ1n) is 4.95. The molecule has 1 aromatic rings. The lowest BCUT2D eigenvalue weighted by atomic mass is 10.2. The summed E-state index contributed by atoms with van der Waals surface area (Å²) in [6.07, 6.45) is 0. The van der Waals surface area contributed by atoms with Crippen LogP contribution in [0.2, 0.25) is 0 Å². The molecule has 0 amide bonds. The zero-order valence-corrected chi connectivity index (χ0v) is 10.8. The van der Waals surface area contributed by atoms with Gasteiger partial charge in [0.15, 0.2) is 0 Å². The van der Waals surface area contributed by atoms with Gasteiger partial charge < -0.3 is 0 Å². The Labute approximate surface area is 109 Å². The van der Waals surface area contributed by atoms with E-state index in [1.54, 1.807) is 23.9 Å². The second-order valence-corrected chi connectivity index (χ2v) is 5.02. The van der Waals surface area contributed by atoms with Crippen LogP contribution in [0.15, 0.2) is 23.1 Å². The number of hydrogen-bond acceptors (Lipinski definition) is 4. The molecule has 0 fully saturated rings. The number of rotatable bonds is 5. The molecular formula is C11H11ClN2O2S. The van der Waals surface area contributed by atoms with E-state index in [1.165, 1.54) is 6.07 Å². The van der Waals surface area contributed by atoms with E-state index in [0.717, 1.165) is 10.6 Å². The van der Waals surface area contributed by atoms with E-state index in [1.807, 2.05) is 13.0 Å². The van der Waals surface area contributed by atoms with Crippen LogP contribution in [-0.2, 0) is 0 Å². The van der Waals surface area contributed by atoms with Gasteiger partial charge in [0, 0.05) is 22.6 Å². The van der Waals surface area contributed by atoms with Crippen molar-refractivity contribution in [3.05, 3.63) is 33.9 Å². The number of thioether (sulfide) groups is 1. The molecule has 1 atom stereocenters. The molecule has 4 nitrogen and oxygen atoms in total. The molecular weight excluding hydrogens is 260 g/mol. The highest BCUT2D eigenvalue weighted by atomic mass is 35.5. The Morgan fingerprint density at radius 1 is 1.65 bits per heavy atom. The molecule has 0 bridgehead atoms. The Kier molecular flexibility index (Phi) is 5.26. The lowest BCUT2D eigenvalue weighted by Crippen LogP contribution is -1.99. The summed E-state index contributed by atoms with van der Waals surface area (Å²) in [4.78, 5) is 10.9. The minimum atomic E-state index is -0.547. The molecule has 0 aliphatic carbocycles. The van der Waals surface area contributed by atoms with Gasteiger partial charge in [-0.1, -0.05) is 6.92 Å². The fraction of sp³-hybridized carbons (Fsp3) is 0.364. The number of hydrogen-bond donors (Lipinski definition) is 0. The Morgan fingerprint density at radius 3 is 2.88 bits per heavy atom. The number of nitro benzene ring substituents is 1. The molecule has 0 heterocycles. The number of benzene rings is 1. The number of nitriles is 1. The highest BCUT2D eigenvalue weighted by Crippen LogP contribution is 2.26. The molecule has 0 aliphatic heterocycles. The molecule has 1 unspecified atom stereocenters. The van der Waals surface area contributed by atoms with Gasteiger partial charge in [-0.25, -0.2) is 0 Å². The van der Waals surface area contributed by atoms with Crippen molar-refractivity contribution in [3.8, 4) is 6.07 Å². The molecule has 17 heavy (non-hydrogen) atoms. The van der Waals surface area contributed by atoms with E-state index in [0.29, 0.717) is 11.8 Å². The van der Waals surface area contributed by atoms with E-state index in [2.05, 4.69) is 0 Å². The molecule has 0 aromatic heterocycles. The molecule has 0 aliphatic rings. The van der Waals surface area contributed by atoms with Crippen molar-refractivity contribution in [1.82, 2.24) is 0 Å². The van der Waals surface area contributed by atoms with E-state index < -0.39 is 4.92 Å². The van der Waals surface area contributed by atoms with Crippen LogP contribution in [0.3, 0.4) is 0 Å². The molecule has 0 saturated carbocycles. The van der Waals surface area contributed by atoms with Gasteiger partial charge in [0.05, 0.1) is 4.92 Å². The molecule has 6 heteroatoms. The molecule has 0 radical (unpaired) electrons. The van der Waals surface area contributed by atoms with Crippen LogP contribution in [0.4, 0.5) is 5.69 Å². The van der Waals surface area contributed by atoms with Gasteiger partial charge in [0.25, 0.3) is 5.69 Å². The van der Waals surface area contributed by atoms with E-state index in [9.17, 15) is 10.1 Å². The first-order chi connectivity index (χ1) is 8.08. The van der Waals surface area contributed by atoms with Gasteiger partial charge in [0.1, 0.15) is 11.6 Å². The Bertz CT molecular complexity index is 459. The molecule has 0 saturated heterocycles. The summed E-state index contributed by atoms with van der Waals surface area (Å²) >= 11 is 7.23. The minimum Gasteiger partial charge on any atom is -0.258 e. The topological polar surface area (TPSA) is 66.9 Å². The zero-order valence-electron chi connectivity index (χ0n) is 9.22. The predicted octanol–water partition coefficient (Wildman–Crippen LogP) is 3.43. The fourth-order valence-corrected chi connectivity index (χ4v) is 2.34. The molecule has 1 rings (SSSR count). The monoisotopic (exact) mass is 270 g/mol. The number of halogens is 1. The average molecular weight is 271 g/mol. The highest BCUT2D eigenvalue weighted by Gasteiger charge is 2.14. The summed E-state index contributed by atoms with van der Waals surface area (Å²) in [5.41, 5.74) is -0.0548. The third-order valence-electron chi connectivity index (χ3n) is 2.08. The van der Waals surface area contributed by atoms with Crippen molar-refractivity contribution in [3.63, 3.8) is 0 Å². The van der Waals surface area contributed by atoms with E-state index in [-0.39, 0.29) is 11.3 Å². The van der Waals surface area contributed by atoms with Crippen molar-refractivity contribution >= 4 is 29.1 Å². The van der Waals surface area contributed by atoms with Crippen molar-refractivity contribution in [1.29, 1.82) is 5.26 Å². The van der Waals surface area contributed by atoms with Gasteiger partial charge in [-0.15, -0.1) is 23.4 Å². The van der Waals surface area contributed by atoms with Gasteiger partial charge in [-0.05, 0) is 18.1 Å². The van der Waals surface area contributed by atoms with E-state index in [4.69, 9.17) is 16.9 Å². The summed E-state index contributed by atoms with van der Waals surface area (Å²) in [5.74, 6) is 1.76. The standard InChI is InChI=1S/C11H11ClN2O2S/c1-8(5-12)7-17-10-2-3-11(14(15)16)9(4-10)6-13/h2-4,8H,5,7H2,1H3. The first kappa shape index (κ1) is 13.8. The molecule has 0 N–H and O–H groups in total. The number of nitro groups is 1. The smallest absolute Gasteiger partial charge is 0.258 e. The van der Waals surface area contributed by atoms with Crippen molar-refractivity contribution in [2.24, 2.45) is 5.92 Å². The van der Waals surface area contributed by atoms with Gasteiger partial charge >= 0.3 is 0 Å². The number of alkyl halides is 1. The SMILES string of the molecule is CC(CCl)CSc1ccc([N+](=O)[O-])c(C#N)c1. The quantitative estimate of drug-likeness (QED) is 0.356. The van der Waals surface area contributed by atoms with Crippen molar-refractivity contribution in [2.75, 3.05) is 11.6 Å². The van der Waals surface area contributed by atoms with Gasteiger partial charge in [-0.3, -0.25) is 10.1 Å². The van der Waals surface area contributed by atoms with Crippen LogP contribution in [-0.4, -0.2) is 16.6 Å². The van der Waals surface area contributed by atoms with Gasteiger partial charge in [0.2, 0.25) is 0 Å². The maximum absolute atomic E-state index is 10.6. The maximum atomic E-state index is 10.6. The Morgan fingerprint density at radius 2 is 2.35 bits per heavy atom. The molecule has 0 spiro atoms. The van der Waals surface area contributed by atoms with Crippen LogP contribution in [0.25, 0.3) is 0 Å². The van der Waals surface area contributed by atoms with Crippen molar-refractivity contribution in [2.45, 2.75) is 11.8 Å². The minimum absolute atomic E-state index is 0.0959. The highest BCUT2D eigenvalue weighted by molar-refractivity contribution is 7.99.